The summed E-state index contributed by atoms with van der Waals surface area (Å²) in [6, 6.07) is 7.53. The minimum atomic E-state index is -0.0313. The van der Waals surface area contributed by atoms with Gasteiger partial charge in [0.05, 0.1) is 5.25 Å². The molecule has 0 bridgehead atoms. The zero-order valence-corrected chi connectivity index (χ0v) is 10.4. The molecule has 0 aromatic heterocycles. The van der Waals surface area contributed by atoms with Crippen LogP contribution in [0.2, 0.25) is 5.02 Å². The third kappa shape index (κ3) is 3.76. The fourth-order valence-corrected chi connectivity index (χ4v) is 2.30. The topological polar surface area (TPSA) is 29.1 Å². The van der Waals surface area contributed by atoms with Gasteiger partial charge in [0.25, 0.3) is 0 Å². The Kier molecular flexibility index (Phi) is 4.99. The molecule has 4 heteroatoms. The molecule has 1 aromatic rings. The highest BCUT2D eigenvalue weighted by atomic mass is 35.5. The molecular weight excluding hydrogens is 230 g/mol. The van der Waals surface area contributed by atoms with E-state index in [-0.39, 0.29) is 11.2 Å². The molecule has 0 aliphatic carbocycles. The number of hydrogen-bond donors (Lipinski definition) is 1. The van der Waals surface area contributed by atoms with E-state index < -0.39 is 0 Å². The maximum atomic E-state index is 11.5. The van der Waals surface area contributed by atoms with Gasteiger partial charge in [0, 0.05) is 17.0 Å². The van der Waals surface area contributed by atoms with Gasteiger partial charge in [-0.2, -0.15) is 0 Å². The van der Waals surface area contributed by atoms with E-state index in [1.807, 2.05) is 31.2 Å². The van der Waals surface area contributed by atoms with Crippen LogP contribution in [0.15, 0.2) is 29.2 Å². The second-order valence-corrected chi connectivity index (χ2v) is 4.80. The molecule has 0 heterocycles. The molecule has 1 atom stereocenters. The summed E-state index contributed by atoms with van der Waals surface area (Å²) in [7, 11) is 1.66. The normalized spacial score (nSPS) is 12.2. The first-order chi connectivity index (χ1) is 7.17. The Morgan fingerprint density at radius 1 is 1.47 bits per heavy atom. The maximum absolute atomic E-state index is 11.5. The number of thioether (sulfide) groups is 1. The lowest BCUT2D eigenvalue weighted by Gasteiger charge is -2.12. The summed E-state index contributed by atoms with van der Waals surface area (Å²) >= 11 is 7.34. The standard InChI is InChI=1S/C11H14ClNOS/c1-3-10(11(14)13-2)15-9-6-4-8(12)5-7-9/h4-7,10H,3H2,1-2H3,(H,13,14)/t10-/m0/s1. The fourth-order valence-electron chi connectivity index (χ4n) is 1.16. The Morgan fingerprint density at radius 2 is 2.07 bits per heavy atom. The smallest absolute Gasteiger partial charge is 0.233 e. The molecule has 0 unspecified atom stereocenters. The summed E-state index contributed by atoms with van der Waals surface area (Å²) in [5.74, 6) is 0.0671. The number of carbonyl (C=O) groups is 1. The van der Waals surface area contributed by atoms with Gasteiger partial charge in [0.15, 0.2) is 0 Å². The lowest BCUT2D eigenvalue weighted by Crippen LogP contribution is -2.28. The summed E-state index contributed by atoms with van der Waals surface area (Å²) < 4.78 is 0. The van der Waals surface area contributed by atoms with Crippen molar-refractivity contribution in [1.29, 1.82) is 0 Å². The van der Waals surface area contributed by atoms with E-state index >= 15 is 0 Å². The van der Waals surface area contributed by atoms with Crippen molar-refractivity contribution in [3.05, 3.63) is 29.3 Å². The lowest BCUT2D eigenvalue weighted by atomic mass is 10.3. The van der Waals surface area contributed by atoms with Crippen LogP contribution in [-0.4, -0.2) is 18.2 Å². The molecule has 0 fully saturated rings. The SMILES string of the molecule is CC[C@H](Sc1ccc(Cl)cc1)C(=O)NC. The molecule has 15 heavy (non-hydrogen) atoms. The van der Waals surface area contributed by atoms with Crippen molar-refractivity contribution >= 4 is 29.3 Å². The Labute approximate surface area is 99.4 Å². The molecule has 1 amide bonds. The number of carbonyl (C=O) groups excluding carboxylic acids is 1. The Balaban J connectivity index is 2.66. The second-order valence-electron chi connectivity index (χ2n) is 3.08. The molecule has 0 radical (unpaired) electrons. The van der Waals surface area contributed by atoms with Gasteiger partial charge in [-0.3, -0.25) is 4.79 Å². The molecule has 0 aliphatic rings. The quantitative estimate of drug-likeness (QED) is 0.824. The van der Waals surface area contributed by atoms with Gasteiger partial charge < -0.3 is 5.32 Å². The van der Waals surface area contributed by atoms with Crippen LogP contribution in [0.25, 0.3) is 0 Å². The van der Waals surface area contributed by atoms with Crippen molar-refractivity contribution in [2.45, 2.75) is 23.5 Å². The highest BCUT2D eigenvalue weighted by molar-refractivity contribution is 8.00. The first-order valence-corrected chi connectivity index (χ1v) is 6.07. The Morgan fingerprint density at radius 3 is 2.53 bits per heavy atom. The third-order valence-corrected chi connectivity index (χ3v) is 3.63. The van der Waals surface area contributed by atoms with Crippen molar-refractivity contribution in [1.82, 2.24) is 5.32 Å². The fraction of sp³-hybridized carbons (Fsp3) is 0.364. The number of rotatable bonds is 4. The van der Waals surface area contributed by atoms with E-state index in [2.05, 4.69) is 5.32 Å². The summed E-state index contributed by atoms with van der Waals surface area (Å²) in [6.45, 7) is 2.00. The summed E-state index contributed by atoms with van der Waals surface area (Å²) in [5.41, 5.74) is 0. The molecule has 1 aromatic carbocycles. The van der Waals surface area contributed by atoms with Crippen LogP contribution in [-0.2, 0) is 4.79 Å². The monoisotopic (exact) mass is 243 g/mol. The van der Waals surface area contributed by atoms with Gasteiger partial charge in [0.1, 0.15) is 0 Å². The van der Waals surface area contributed by atoms with E-state index in [1.54, 1.807) is 18.8 Å². The zero-order chi connectivity index (χ0) is 11.3. The van der Waals surface area contributed by atoms with Crippen LogP contribution in [0.4, 0.5) is 0 Å². The molecule has 1 rings (SSSR count). The minimum absolute atomic E-state index is 0.0313. The molecule has 1 N–H and O–H groups in total. The minimum Gasteiger partial charge on any atom is -0.358 e. The average Bonchev–Trinajstić information content (AvgIpc) is 2.27. The molecule has 0 spiro atoms. The van der Waals surface area contributed by atoms with Crippen LogP contribution < -0.4 is 5.32 Å². The number of halogens is 1. The van der Waals surface area contributed by atoms with Crippen molar-refractivity contribution in [3.8, 4) is 0 Å². The zero-order valence-electron chi connectivity index (χ0n) is 8.79. The Bertz CT molecular complexity index is 326. The van der Waals surface area contributed by atoms with Gasteiger partial charge in [-0.15, -0.1) is 11.8 Å². The van der Waals surface area contributed by atoms with Crippen LogP contribution in [0.3, 0.4) is 0 Å². The second kappa shape index (κ2) is 6.03. The van der Waals surface area contributed by atoms with Crippen molar-refractivity contribution < 1.29 is 4.79 Å². The highest BCUT2D eigenvalue weighted by Gasteiger charge is 2.15. The van der Waals surface area contributed by atoms with Crippen molar-refractivity contribution in [2.24, 2.45) is 0 Å². The number of amides is 1. The number of nitrogens with one attached hydrogen (secondary N) is 1. The third-order valence-electron chi connectivity index (χ3n) is 2.00. The Hall–Kier alpha value is -0.670. The predicted octanol–water partition coefficient (Wildman–Crippen LogP) is 2.96. The van der Waals surface area contributed by atoms with E-state index in [0.29, 0.717) is 5.02 Å². The highest BCUT2D eigenvalue weighted by Crippen LogP contribution is 2.26. The van der Waals surface area contributed by atoms with Gasteiger partial charge in [0.2, 0.25) is 5.91 Å². The number of hydrogen-bond acceptors (Lipinski definition) is 2. The van der Waals surface area contributed by atoms with E-state index in [9.17, 15) is 4.79 Å². The molecule has 2 nitrogen and oxygen atoms in total. The average molecular weight is 244 g/mol. The van der Waals surface area contributed by atoms with E-state index in [1.165, 1.54) is 0 Å². The van der Waals surface area contributed by atoms with Crippen molar-refractivity contribution in [3.63, 3.8) is 0 Å². The number of benzene rings is 1. The molecular formula is C11H14ClNOS. The van der Waals surface area contributed by atoms with Gasteiger partial charge in [-0.1, -0.05) is 18.5 Å². The summed E-state index contributed by atoms with van der Waals surface area (Å²) in [5, 5.41) is 3.35. The van der Waals surface area contributed by atoms with Gasteiger partial charge >= 0.3 is 0 Å². The summed E-state index contributed by atoms with van der Waals surface area (Å²) in [4.78, 5) is 12.5. The van der Waals surface area contributed by atoms with E-state index in [0.717, 1.165) is 11.3 Å². The van der Waals surface area contributed by atoms with Gasteiger partial charge in [-0.05, 0) is 30.7 Å². The van der Waals surface area contributed by atoms with Crippen molar-refractivity contribution in [2.75, 3.05) is 7.05 Å². The molecule has 0 aliphatic heterocycles. The van der Waals surface area contributed by atoms with Crippen LogP contribution >= 0.6 is 23.4 Å². The predicted molar refractivity (Wildman–Crippen MR) is 65.5 cm³/mol. The van der Waals surface area contributed by atoms with Crippen LogP contribution in [0.1, 0.15) is 13.3 Å². The van der Waals surface area contributed by atoms with Crippen LogP contribution in [0, 0.1) is 0 Å². The molecule has 82 valence electrons. The lowest BCUT2D eigenvalue weighted by molar-refractivity contribution is -0.120. The maximum Gasteiger partial charge on any atom is 0.233 e. The van der Waals surface area contributed by atoms with E-state index in [4.69, 9.17) is 11.6 Å². The molecule has 0 saturated carbocycles. The first kappa shape index (κ1) is 12.4. The largest absolute Gasteiger partial charge is 0.358 e. The van der Waals surface area contributed by atoms with Gasteiger partial charge in [-0.25, -0.2) is 0 Å². The molecule has 0 saturated heterocycles. The van der Waals surface area contributed by atoms with Crippen LogP contribution in [0.5, 0.6) is 0 Å². The summed E-state index contributed by atoms with van der Waals surface area (Å²) in [6.07, 6.45) is 0.812. The first-order valence-electron chi connectivity index (χ1n) is 4.81.